The van der Waals surface area contributed by atoms with Crippen molar-refractivity contribution in [1.82, 2.24) is 24.6 Å². The summed E-state index contributed by atoms with van der Waals surface area (Å²) in [6.45, 7) is 5.85. The van der Waals surface area contributed by atoms with E-state index in [-0.39, 0.29) is 11.5 Å². The fourth-order valence-corrected chi connectivity index (χ4v) is 2.33. The van der Waals surface area contributed by atoms with Crippen LogP contribution in [0.2, 0.25) is 0 Å². The molecule has 0 aliphatic carbocycles. The zero-order valence-electron chi connectivity index (χ0n) is 11.6. The van der Waals surface area contributed by atoms with Gasteiger partial charge in [-0.25, -0.2) is 0 Å². The molecule has 0 radical (unpaired) electrons. The summed E-state index contributed by atoms with van der Waals surface area (Å²) in [6.07, 6.45) is 1.67. The van der Waals surface area contributed by atoms with Gasteiger partial charge in [0.2, 0.25) is 11.6 Å². The number of hydrogen-bond donors (Lipinski definition) is 1. The Morgan fingerprint density at radius 2 is 2.10 bits per heavy atom. The van der Waals surface area contributed by atoms with Crippen molar-refractivity contribution in [2.24, 2.45) is 0 Å². The highest BCUT2D eigenvalue weighted by Gasteiger charge is 2.16. The molecule has 6 heteroatoms. The standard InChI is InChI=1S/C14H15N5O/c1-8(2)11-9(3)16-14-17-12(18-19(14)13(11)20)10-6-4-5-7-15-10/h4-8H,1-3H3,(H,16,17,18). The molecule has 1 N–H and O–H groups in total. The fraction of sp³-hybridized carbons (Fsp3) is 0.286. The van der Waals surface area contributed by atoms with E-state index in [0.29, 0.717) is 17.3 Å². The molecule has 102 valence electrons. The van der Waals surface area contributed by atoms with Crippen LogP contribution in [0.15, 0.2) is 29.2 Å². The fourth-order valence-electron chi connectivity index (χ4n) is 2.33. The summed E-state index contributed by atoms with van der Waals surface area (Å²) in [5.74, 6) is 1.02. The first-order valence-corrected chi connectivity index (χ1v) is 6.49. The van der Waals surface area contributed by atoms with Crippen LogP contribution in [0.25, 0.3) is 17.3 Å². The number of aryl methyl sites for hydroxylation is 1. The predicted molar refractivity (Wildman–Crippen MR) is 75.7 cm³/mol. The topological polar surface area (TPSA) is 75.9 Å². The molecule has 0 aromatic carbocycles. The molecule has 0 amide bonds. The molecule has 0 unspecified atom stereocenters. The third kappa shape index (κ3) is 1.89. The maximum absolute atomic E-state index is 12.5. The number of fused-ring (bicyclic) bond motifs is 1. The van der Waals surface area contributed by atoms with E-state index in [1.54, 1.807) is 6.20 Å². The van der Waals surface area contributed by atoms with Crippen molar-refractivity contribution in [2.75, 3.05) is 0 Å². The SMILES string of the molecule is Cc1[nH]c2nc(-c3ccccn3)nn2c(=O)c1C(C)C. The normalized spacial score (nSPS) is 11.4. The van der Waals surface area contributed by atoms with Crippen molar-refractivity contribution in [2.45, 2.75) is 26.7 Å². The van der Waals surface area contributed by atoms with Crippen LogP contribution in [-0.2, 0) is 0 Å². The molecule has 0 atom stereocenters. The smallest absolute Gasteiger partial charge is 0.279 e. The summed E-state index contributed by atoms with van der Waals surface area (Å²) in [4.78, 5) is 24.1. The third-order valence-corrected chi connectivity index (χ3v) is 3.20. The van der Waals surface area contributed by atoms with Crippen molar-refractivity contribution in [3.05, 3.63) is 46.0 Å². The number of aromatic nitrogens is 5. The van der Waals surface area contributed by atoms with Crippen molar-refractivity contribution < 1.29 is 0 Å². The van der Waals surface area contributed by atoms with Crippen molar-refractivity contribution in [3.8, 4) is 11.5 Å². The number of nitrogens with one attached hydrogen (secondary N) is 1. The highest BCUT2D eigenvalue weighted by Crippen LogP contribution is 2.15. The van der Waals surface area contributed by atoms with Crippen molar-refractivity contribution >= 4 is 5.78 Å². The third-order valence-electron chi connectivity index (χ3n) is 3.20. The first kappa shape index (κ1) is 12.5. The average molecular weight is 269 g/mol. The highest BCUT2D eigenvalue weighted by atomic mass is 16.1. The van der Waals surface area contributed by atoms with Gasteiger partial charge in [-0.05, 0) is 25.0 Å². The van der Waals surface area contributed by atoms with Gasteiger partial charge in [-0.1, -0.05) is 19.9 Å². The first-order valence-electron chi connectivity index (χ1n) is 6.49. The van der Waals surface area contributed by atoms with Gasteiger partial charge in [-0.15, -0.1) is 5.10 Å². The molecular formula is C14H15N5O. The van der Waals surface area contributed by atoms with Gasteiger partial charge in [0, 0.05) is 17.5 Å². The van der Waals surface area contributed by atoms with Gasteiger partial charge in [0.15, 0.2) is 0 Å². The molecule has 3 rings (SSSR count). The number of H-pyrrole nitrogens is 1. The summed E-state index contributed by atoms with van der Waals surface area (Å²) in [5, 5.41) is 4.27. The Morgan fingerprint density at radius 1 is 1.30 bits per heavy atom. The molecule has 0 aliphatic heterocycles. The number of pyridine rings is 1. The Morgan fingerprint density at radius 3 is 2.75 bits per heavy atom. The van der Waals surface area contributed by atoms with E-state index >= 15 is 0 Å². The molecule has 0 fully saturated rings. The molecule has 0 bridgehead atoms. The van der Waals surface area contributed by atoms with Gasteiger partial charge in [0.25, 0.3) is 5.56 Å². The second-order valence-corrected chi connectivity index (χ2v) is 5.01. The van der Waals surface area contributed by atoms with Gasteiger partial charge in [-0.3, -0.25) is 9.78 Å². The van der Waals surface area contributed by atoms with Gasteiger partial charge in [-0.2, -0.15) is 9.50 Å². The van der Waals surface area contributed by atoms with Crippen LogP contribution < -0.4 is 5.56 Å². The van der Waals surface area contributed by atoms with Crippen LogP contribution in [0.3, 0.4) is 0 Å². The monoisotopic (exact) mass is 269 g/mol. The highest BCUT2D eigenvalue weighted by molar-refractivity contribution is 5.51. The summed E-state index contributed by atoms with van der Waals surface area (Å²) in [5.41, 5.74) is 2.08. The number of aromatic amines is 1. The van der Waals surface area contributed by atoms with E-state index in [9.17, 15) is 4.79 Å². The number of hydrogen-bond acceptors (Lipinski definition) is 4. The number of nitrogens with zero attached hydrogens (tertiary/aromatic N) is 4. The van der Waals surface area contributed by atoms with Crippen LogP contribution in [0.4, 0.5) is 0 Å². The van der Waals surface area contributed by atoms with Crippen LogP contribution in [0.1, 0.15) is 31.0 Å². The minimum atomic E-state index is -0.124. The second-order valence-electron chi connectivity index (χ2n) is 5.01. The van der Waals surface area contributed by atoms with Crippen molar-refractivity contribution in [3.63, 3.8) is 0 Å². The van der Waals surface area contributed by atoms with Crippen LogP contribution >= 0.6 is 0 Å². The number of rotatable bonds is 2. The van der Waals surface area contributed by atoms with Crippen LogP contribution in [0.5, 0.6) is 0 Å². The lowest BCUT2D eigenvalue weighted by Gasteiger charge is -2.07. The summed E-state index contributed by atoms with van der Waals surface area (Å²) < 4.78 is 1.31. The molecular weight excluding hydrogens is 254 g/mol. The van der Waals surface area contributed by atoms with Gasteiger partial charge in [0.1, 0.15) is 5.69 Å². The van der Waals surface area contributed by atoms with E-state index in [1.807, 2.05) is 39.0 Å². The summed E-state index contributed by atoms with van der Waals surface area (Å²) >= 11 is 0. The zero-order valence-corrected chi connectivity index (χ0v) is 11.6. The largest absolute Gasteiger partial charge is 0.327 e. The minimum Gasteiger partial charge on any atom is -0.327 e. The predicted octanol–water partition coefficient (Wildman–Crippen LogP) is 1.91. The van der Waals surface area contributed by atoms with Gasteiger partial charge < -0.3 is 4.98 Å². The molecule has 6 nitrogen and oxygen atoms in total. The maximum Gasteiger partial charge on any atom is 0.279 e. The van der Waals surface area contributed by atoms with E-state index < -0.39 is 0 Å². The maximum atomic E-state index is 12.5. The molecule has 0 saturated heterocycles. The zero-order chi connectivity index (χ0) is 14.3. The van der Waals surface area contributed by atoms with E-state index in [1.165, 1.54) is 4.52 Å². The molecule has 0 saturated carbocycles. The Balaban J connectivity index is 2.27. The molecule has 3 aromatic rings. The van der Waals surface area contributed by atoms with Crippen LogP contribution in [0, 0.1) is 6.92 Å². The summed E-state index contributed by atoms with van der Waals surface area (Å²) in [7, 11) is 0. The molecule has 3 aromatic heterocycles. The Bertz CT molecular complexity index is 817. The average Bonchev–Trinajstić information content (AvgIpc) is 2.83. The first-order chi connectivity index (χ1) is 9.58. The summed E-state index contributed by atoms with van der Waals surface area (Å²) in [6, 6.07) is 5.50. The van der Waals surface area contributed by atoms with Gasteiger partial charge in [0.05, 0.1) is 0 Å². The van der Waals surface area contributed by atoms with E-state index in [4.69, 9.17) is 0 Å². The van der Waals surface area contributed by atoms with E-state index in [0.717, 1.165) is 11.3 Å². The van der Waals surface area contributed by atoms with Crippen LogP contribution in [-0.4, -0.2) is 24.6 Å². The lowest BCUT2D eigenvalue weighted by atomic mass is 10.0. The Kier molecular flexibility index (Phi) is 2.85. The lowest BCUT2D eigenvalue weighted by Crippen LogP contribution is -2.22. The Hall–Kier alpha value is -2.50. The van der Waals surface area contributed by atoms with Crippen molar-refractivity contribution in [1.29, 1.82) is 0 Å². The lowest BCUT2D eigenvalue weighted by molar-refractivity contribution is 0.779. The van der Waals surface area contributed by atoms with E-state index in [2.05, 4.69) is 20.1 Å². The molecule has 0 aliphatic rings. The molecule has 3 heterocycles. The molecule has 20 heavy (non-hydrogen) atoms. The van der Waals surface area contributed by atoms with Gasteiger partial charge >= 0.3 is 0 Å². The minimum absolute atomic E-state index is 0.124. The Labute approximate surface area is 115 Å². The molecule has 0 spiro atoms. The second kappa shape index (κ2) is 4.56. The quantitative estimate of drug-likeness (QED) is 0.771.